The fourth-order valence-corrected chi connectivity index (χ4v) is 8.87. The number of anilines is 4. The second-order valence-electron chi connectivity index (χ2n) is 15.3. The number of carbonyl (C=O) groups excluding carboxylic acids is 4. The number of benzene rings is 2. The van der Waals surface area contributed by atoms with E-state index in [1.165, 1.54) is 11.0 Å². The van der Waals surface area contributed by atoms with Crippen LogP contribution < -0.4 is 30.5 Å². The van der Waals surface area contributed by atoms with Gasteiger partial charge in [0.2, 0.25) is 17.7 Å². The number of thiol groups is 1. The molecule has 17 heteroatoms. The van der Waals surface area contributed by atoms with Crippen molar-refractivity contribution in [1.29, 1.82) is 5.26 Å². The number of carbonyl (C=O) groups is 4. The maximum atomic E-state index is 14.0. The SMILES string of the molecule is CCc1cc(N2C(S)N(c3cnc(C#N)c(C(F)(F)F)c3)C(=O)C23CCC3)ccc1OCCC1CCN(CC(=O)Nc2cccc(NC3CCC(=O)NC3=O)c2)CC1. The summed E-state index contributed by atoms with van der Waals surface area (Å²) in [5.74, 6) is 0.0333. The van der Waals surface area contributed by atoms with E-state index in [9.17, 15) is 37.6 Å². The van der Waals surface area contributed by atoms with Gasteiger partial charge in [-0.1, -0.05) is 13.0 Å². The van der Waals surface area contributed by atoms with E-state index in [0.29, 0.717) is 55.3 Å². The van der Waals surface area contributed by atoms with E-state index in [4.69, 9.17) is 17.4 Å². The van der Waals surface area contributed by atoms with Crippen LogP contribution >= 0.6 is 12.6 Å². The van der Waals surface area contributed by atoms with E-state index >= 15 is 0 Å². The molecule has 2 aromatic carbocycles. The van der Waals surface area contributed by atoms with Gasteiger partial charge in [0.1, 0.15) is 23.4 Å². The number of nitriles is 1. The molecule has 1 aromatic heterocycles. The van der Waals surface area contributed by atoms with Gasteiger partial charge in [0.15, 0.2) is 11.2 Å². The number of amides is 4. The molecule has 3 N–H and O–H groups in total. The van der Waals surface area contributed by atoms with Gasteiger partial charge in [-0.2, -0.15) is 18.4 Å². The summed E-state index contributed by atoms with van der Waals surface area (Å²) < 4.78 is 47.7. The van der Waals surface area contributed by atoms with Gasteiger partial charge in [0, 0.05) is 23.5 Å². The van der Waals surface area contributed by atoms with Crippen molar-refractivity contribution >= 4 is 59.0 Å². The molecule has 1 saturated carbocycles. The molecule has 58 heavy (non-hydrogen) atoms. The van der Waals surface area contributed by atoms with E-state index in [1.807, 2.05) is 30.0 Å². The van der Waals surface area contributed by atoms with Crippen molar-refractivity contribution in [1.82, 2.24) is 15.2 Å². The maximum absolute atomic E-state index is 14.0. The van der Waals surface area contributed by atoms with Crippen molar-refractivity contribution in [3.8, 4) is 11.8 Å². The van der Waals surface area contributed by atoms with Crippen LogP contribution in [0.4, 0.5) is 35.9 Å². The van der Waals surface area contributed by atoms with Crippen molar-refractivity contribution in [3.05, 3.63) is 71.5 Å². The number of hydrogen-bond donors (Lipinski definition) is 4. The summed E-state index contributed by atoms with van der Waals surface area (Å²) in [6, 6.07) is 14.6. The summed E-state index contributed by atoms with van der Waals surface area (Å²) in [4.78, 5) is 59.4. The Morgan fingerprint density at radius 1 is 1.07 bits per heavy atom. The number of aryl methyl sites for hydroxylation is 1. The summed E-state index contributed by atoms with van der Waals surface area (Å²) >= 11 is 4.78. The molecule has 4 amide bonds. The van der Waals surface area contributed by atoms with Crippen LogP contribution in [0.1, 0.15) is 75.1 Å². The van der Waals surface area contributed by atoms with Crippen LogP contribution in [0.5, 0.6) is 5.75 Å². The largest absolute Gasteiger partial charge is 0.493 e. The molecule has 0 radical (unpaired) electrons. The number of piperidine rings is 2. The molecule has 2 unspecified atom stereocenters. The Kier molecular flexibility index (Phi) is 11.9. The van der Waals surface area contributed by atoms with Gasteiger partial charge in [0.25, 0.3) is 5.91 Å². The molecule has 306 valence electrons. The van der Waals surface area contributed by atoms with Crippen molar-refractivity contribution in [2.45, 2.75) is 88.0 Å². The third kappa shape index (κ3) is 8.44. The zero-order chi connectivity index (χ0) is 41.2. The Labute approximate surface area is 339 Å². The quantitative estimate of drug-likeness (QED) is 0.129. The zero-order valence-corrected chi connectivity index (χ0v) is 32.9. The number of rotatable bonds is 12. The van der Waals surface area contributed by atoms with Crippen LogP contribution in [0.25, 0.3) is 0 Å². The molecule has 4 fully saturated rings. The van der Waals surface area contributed by atoms with Gasteiger partial charge < -0.3 is 20.3 Å². The van der Waals surface area contributed by atoms with E-state index < -0.39 is 34.5 Å². The van der Waals surface area contributed by atoms with Gasteiger partial charge in [-0.05, 0) is 118 Å². The summed E-state index contributed by atoms with van der Waals surface area (Å²) in [7, 11) is 0. The maximum Gasteiger partial charge on any atom is 0.419 e. The number of nitrogens with one attached hydrogen (secondary N) is 3. The third-order valence-corrected chi connectivity index (χ3v) is 12.0. The minimum atomic E-state index is -4.82. The van der Waals surface area contributed by atoms with E-state index in [-0.39, 0.29) is 42.3 Å². The van der Waals surface area contributed by atoms with Crippen LogP contribution in [-0.2, 0) is 31.8 Å². The summed E-state index contributed by atoms with van der Waals surface area (Å²) in [5.41, 5.74) is -0.963. The standard InChI is InChI=1S/C41H45F3N8O5S/c1-2-26-19-29(52-39(58)51(38(56)40(52)14-4-15-40)30-21-31(41(42,43)44)33(22-45)46-23-30)7-9-34(26)57-18-13-25-11-16-50(17-12-25)24-36(54)48-28-6-3-5-27(20-28)47-32-8-10-35(53)49-37(32)55/h3,5-7,9,19-21,23,25,32,39,47,58H,2,4,8,10-18,24H2,1H3,(H,48,54)(H,49,53,55). The summed E-state index contributed by atoms with van der Waals surface area (Å²) in [6.07, 6.45) is 2.14. The zero-order valence-electron chi connectivity index (χ0n) is 32.0. The lowest BCUT2D eigenvalue weighted by Gasteiger charge is -2.44. The molecule has 3 aromatic rings. The van der Waals surface area contributed by atoms with Crippen molar-refractivity contribution in [2.24, 2.45) is 5.92 Å². The van der Waals surface area contributed by atoms with Crippen LogP contribution in [0.2, 0.25) is 0 Å². The van der Waals surface area contributed by atoms with Crippen molar-refractivity contribution in [3.63, 3.8) is 0 Å². The molecular formula is C41H45F3N8O5S. The van der Waals surface area contributed by atoms with E-state index in [0.717, 1.165) is 62.3 Å². The molecule has 3 aliphatic heterocycles. The Balaban J connectivity index is 0.908. The number of likely N-dealkylation sites (tertiary alicyclic amines) is 1. The van der Waals surface area contributed by atoms with Gasteiger partial charge in [-0.3, -0.25) is 34.3 Å². The first-order chi connectivity index (χ1) is 27.8. The fraction of sp³-hybridized carbons (Fsp3) is 0.463. The molecule has 7 rings (SSSR count). The molecule has 3 saturated heterocycles. The number of alkyl halides is 3. The molecule has 2 atom stereocenters. The molecular weight excluding hydrogens is 774 g/mol. The van der Waals surface area contributed by atoms with E-state index in [2.05, 4.69) is 25.8 Å². The summed E-state index contributed by atoms with van der Waals surface area (Å²) in [6.45, 7) is 4.32. The normalized spacial score (nSPS) is 21.1. The predicted molar refractivity (Wildman–Crippen MR) is 213 cm³/mol. The average Bonchev–Trinajstić information content (AvgIpc) is 3.42. The highest BCUT2D eigenvalue weighted by Gasteiger charge is 2.60. The average molecular weight is 819 g/mol. The highest BCUT2D eigenvalue weighted by atomic mass is 32.1. The number of ether oxygens (including phenoxy) is 1. The smallest absolute Gasteiger partial charge is 0.419 e. The number of nitrogens with zero attached hydrogens (tertiary/aromatic N) is 5. The van der Waals surface area contributed by atoms with Crippen molar-refractivity contribution in [2.75, 3.05) is 46.7 Å². The van der Waals surface area contributed by atoms with Crippen LogP contribution in [0.3, 0.4) is 0 Å². The lowest BCUT2D eigenvalue weighted by molar-refractivity contribution is -0.138. The first kappa shape index (κ1) is 40.8. The van der Waals surface area contributed by atoms with Gasteiger partial charge >= 0.3 is 6.18 Å². The topological polar surface area (TPSA) is 160 Å². The highest BCUT2D eigenvalue weighted by molar-refractivity contribution is 7.81. The van der Waals surface area contributed by atoms with Crippen LogP contribution in [0.15, 0.2) is 54.7 Å². The molecule has 4 heterocycles. The lowest BCUT2D eigenvalue weighted by atomic mass is 9.75. The Morgan fingerprint density at radius 3 is 2.50 bits per heavy atom. The van der Waals surface area contributed by atoms with Gasteiger partial charge in [-0.25, -0.2) is 4.98 Å². The molecule has 4 aliphatic rings. The first-order valence-electron chi connectivity index (χ1n) is 19.6. The highest BCUT2D eigenvalue weighted by Crippen LogP contribution is 2.51. The number of imide groups is 1. The number of hydrogen-bond acceptors (Lipinski definition) is 11. The molecule has 13 nitrogen and oxygen atoms in total. The Morgan fingerprint density at radius 2 is 1.83 bits per heavy atom. The van der Waals surface area contributed by atoms with Crippen LogP contribution in [0, 0.1) is 17.2 Å². The third-order valence-electron chi connectivity index (χ3n) is 11.6. The number of aromatic nitrogens is 1. The monoisotopic (exact) mass is 818 g/mol. The van der Waals surface area contributed by atoms with E-state index in [1.54, 1.807) is 24.3 Å². The minimum absolute atomic E-state index is 0.0706. The minimum Gasteiger partial charge on any atom is -0.493 e. The Bertz CT molecular complexity index is 2120. The predicted octanol–water partition coefficient (Wildman–Crippen LogP) is 5.86. The lowest BCUT2D eigenvalue weighted by Crippen LogP contribution is -2.55. The van der Waals surface area contributed by atoms with Crippen LogP contribution in [-0.4, -0.2) is 76.8 Å². The number of pyridine rings is 1. The molecule has 1 aliphatic carbocycles. The van der Waals surface area contributed by atoms with Gasteiger partial charge in [0.05, 0.1) is 30.6 Å². The Hall–Kier alpha value is -5.34. The molecule has 1 spiro atoms. The van der Waals surface area contributed by atoms with Gasteiger partial charge in [-0.15, -0.1) is 12.6 Å². The second kappa shape index (κ2) is 16.9. The van der Waals surface area contributed by atoms with Crippen molar-refractivity contribution < 1.29 is 37.1 Å². The fourth-order valence-electron chi connectivity index (χ4n) is 8.28. The number of halogens is 3. The molecule has 0 bridgehead atoms. The summed E-state index contributed by atoms with van der Waals surface area (Å²) in [5, 5.41) is 17.6. The first-order valence-corrected chi connectivity index (χ1v) is 20.1. The second-order valence-corrected chi connectivity index (χ2v) is 15.7.